The molecule has 0 aromatic heterocycles. The van der Waals surface area contributed by atoms with Gasteiger partial charge in [0, 0.05) is 0 Å². The Morgan fingerprint density at radius 1 is 1.00 bits per heavy atom. The van der Waals surface area contributed by atoms with E-state index < -0.39 is 0 Å². The molecule has 0 aliphatic heterocycles. The van der Waals surface area contributed by atoms with Crippen molar-refractivity contribution in [2.45, 2.75) is 0 Å². The third-order valence-corrected chi connectivity index (χ3v) is 2.24. The van der Waals surface area contributed by atoms with Gasteiger partial charge in [0.2, 0.25) is 0 Å². The van der Waals surface area contributed by atoms with Crippen LogP contribution in [0.15, 0.2) is 30.3 Å². The summed E-state index contributed by atoms with van der Waals surface area (Å²) in [4.78, 5) is 0. The monoisotopic (exact) mass is 343 g/mol. The Morgan fingerprint density at radius 3 is 1.89 bits per heavy atom. The van der Waals surface area contributed by atoms with Crippen LogP contribution in [0.2, 0.25) is 0 Å². The molecule has 1 radical (unpaired) electrons. The average molecular weight is 343 g/mol. The minimum Gasteiger partial charge on any atom is -0.0622 e. The van der Waals surface area contributed by atoms with Crippen LogP contribution in [0.5, 0.6) is 0 Å². The summed E-state index contributed by atoms with van der Waals surface area (Å²) >= 11 is 4.62. The average Bonchev–Trinajstić information content (AvgIpc) is 1.90. The summed E-state index contributed by atoms with van der Waals surface area (Å²) in [6.45, 7) is 0. The molecular weight excluding hydrogens is 338 g/mol. The summed E-state index contributed by atoms with van der Waals surface area (Å²) in [6, 6.07) is 10.3. The molecule has 0 aliphatic rings. The van der Waals surface area contributed by atoms with E-state index in [4.69, 9.17) is 0 Å². The van der Waals surface area contributed by atoms with Gasteiger partial charge in [-0.2, -0.15) is 0 Å². The van der Waals surface area contributed by atoms with Crippen molar-refractivity contribution in [3.05, 3.63) is 37.8 Å². The molecule has 0 atom stereocenters. The van der Waals surface area contributed by atoms with Gasteiger partial charge in [0.25, 0.3) is 0 Å². The maximum absolute atomic E-state index is 2.31. The molecule has 0 unspecified atom stereocenters. The number of halogens is 2. The molecule has 0 saturated heterocycles. The Kier molecular flexibility index (Phi) is 3.25. The summed E-state index contributed by atoms with van der Waals surface area (Å²) in [7, 11) is 0. The van der Waals surface area contributed by atoms with E-state index in [2.05, 4.69) is 57.3 Å². The van der Waals surface area contributed by atoms with Gasteiger partial charge in [0.15, 0.2) is 0 Å². The molecule has 0 aliphatic carbocycles. The first-order valence-electron chi connectivity index (χ1n) is 2.54. The van der Waals surface area contributed by atoms with Crippen LogP contribution in [0, 0.1) is 1.93 Å². The largest absolute Gasteiger partial charge is 0.126 e. The summed E-state index contributed by atoms with van der Waals surface area (Å²) in [5.41, 5.74) is 1.30. The van der Waals surface area contributed by atoms with E-state index in [0.29, 0.717) is 0 Å². The second-order valence-electron chi connectivity index (χ2n) is 1.63. The zero-order chi connectivity index (χ0) is 6.69. The lowest BCUT2D eigenvalue weighted by molar-refractivity contribution is 1.60. The van der Waals surface area contributed by atoms with Crippen molar-refractivity contribution in [3.8, 4) is 0 Å². The Balaban J connectivity index is 2.85. The Morgan fingerprint density at radius 2 is 1.56 bits per heavy atom. The second-order valence-corrected chi connectivity index (χ2v) is 5.85. The molecule has 0 nitrogen and oxygen atoms in total. The first-order chi connectivity index (χ1) is 4.30. The number of benzene rings is 1. The Hall–Kier alpha value is 0.680. The number of hydrogen-bond acceptors (Lipinski definition) is 0. The molecule has 2 heteroatoms. The standard InChI is InChI=1S/C7H5I2/c8-7(9)6-4-2-1-3-5-6/h1-5H. The fourth-order valence-corrected chi connectivity index (χ4v) is 1.28. The molecule has 0 saturated carbocycles. The first-order valence-corrected chi connectivity index (χ1v) is 4.70. The van der Waals surface area contributed by atoms with E-state index in [1.54, 1.807) is 0 Å². The zero-order valence-corrected chi connectivity index (χ0v) is 8.96. The van der Waals surface area contributed by atoms with E-state index in [0.717, 1.165) is 0 Å². The number of rotatable bonds is 1. The van der Waals surface area contributed by atoms with Crippen LogP contribution >= 0.6 is 45.2 Å². The van der Waals surface area contributed by atoms with Gasteiger partial charge < -0.3 is 0 Å². The van der Waals surface area contributed by atoms with Gasteiger partial charge >= 0.3 is 0 Å². The van der Waals surface area contributed by atoms with Crippen LogP contribution in [0.4, 0.5) is 0 Å². The van der Waals surface area contributed by atoms with Crippen LogP contribution in [0.25, 0.3) is 0 Å². The van der Waals surface area contributed by atoms with Crippen LogP contribution in [0.1, 0.15) is 5.56 Å². The highest BCUT2D eigenvalue weighted by molar-refractivity contribution is 14.2. The summed E-state index contributed by atoms with van der Waals surface area (Å²) in [5, 5.41) is 0. The quantitative estimate of drug-likeness (QED) is 0.686. The SMILES string of the molecule is I[C](I)c1ccccc1. The fraction of sp³-hybridized carbons (Fsp3) is 0. The molecular formula is C7H5I2. The zero-order valence-electron chi connectivity index (χ0n) is 4.64. The Bertz CT molecular complexity index is 170. The molecule has 1 aromatic rings. The normalized spacial score (nSPS) is 10.1. The molecule has 0 spiro atoms. The highest BCUT2D eigenvalue weighted by Crippen LogP contribution is 2.28. The third kappa shape index (κ3) is 2.41. The third-order valence-electron chi connectivity index (χ3n) is 0.992. The molecule has 0 fully saturated rings. The lowest BCUT2D eigenvalue weighted by atomic mass is 10.2. The van der Waals surface area contributed by atoms with E-state index in [-0.39, 0.29) is 0 Å². The lowest BCUT2D eigenvalue weighted by Crippen LogP contribution is -1.76. The van der Waals surface area contributed by atoms with E-state index in [9.17, 15) is 0 Å². The second kappa shape index (κ2) is 3.75. The minimum absolute atomic E-state index is 1.30. The van der Waals surface area contributed by atoms with Crippen LogP contribution in [0.3, 0.4) is 0 Å². The van der Waals surface area contributed by atoms with Gasteiger partial charge in [-0.15, -0.1) is 0 Å². The van der Waals surface area contributed by atoms with Crippen molar-refractivity contribution < 1.29 is 0 Å². The topological polar surface area (TPSA) is 0 Å². The van der Waals surface area contributed by atoms with Gasteiger partial charge in [-0.05, 0) is 5.56 Å². The molecule has 0 bridgehead atoms. The minimum atomic E-state index is 1.30. The lowest BCUT2D eigenvalue weighted by Gasteiger charge is -1.96. The van der Waals surface area contributed by atoms with Crippen LogP contribution in [-0.2, 0) is 0 Å². The summed E-state index contributed by atoms with van der Waals surface area (Å²) < 4.78 is 1.31. The molecule has 9 heavy (non-hydrogen) atoms. The van der Waals surface area contributed by atoms with Crippen LogP contribution in [-0.4, -0.2) is 0 Å². The van der Waals surface area contributed by atoms with Gasteiger partial charge in [0.05, 0.1) is 0 Å². The molecule has 1 aromatic carbocycles. The highest BCUT2D eigenvalue weighted by Gasteiger charge is 1.98. The summed E-state index contributed by atoms with van der Waals surface area (Å²) in [6.07, 6.45) is 0. The predicted molar refractivity (Wildman–Crippen MR) is 56.8 cm³/mol. The maximum Gasteiger partial charge on any atom is 0.126 e. The van der Waals surface area contributed by atoms with E-state index >= 15 is 0 Å². The first kappa shape index (κ1) is 7.78. The molecule has 0 amide bonds. The van der Waals surface area contributed by atoms with Crippen molar-refractivity contribution in [2.24, 2.45) is 0 Å². The van der Waals surface area contributed by atoms with E-state index in [1.165, 1.54) is 7.49 Å². The van der Waals surface area contributed by atoms with Gasteiger partial charge in [-0.25, -0.2) is 0 Å². The maximum atomic E-state index is 2.31. The molecule has 0 N–H and O–H groups in total. The Labute approximate surface area is 82.3 Å². The van der Waals surface area contributed by atoms with Gasteiger partial charge in [0.1, 0.15) is 1.93 Å². The highest BCUT2D eigenvalue weighted by atomic mass is 127. The van der Waals surface area contributed by atoms with Gasteiger partial charge in [-0.3, -0.25) is 0 Å². The molecule has 0 heterocycles. The molecule has 47 valence electrons. The van der Waals surface area contributed by atoms with Crippen molar-refractivity contribution in [1.29, 1.82) is 0 Å². The van der Waals surface area contributed by atoms with Gasteiger partial charge in [-0.1, -0.05) is 75.5 Å². The van der Waals surface area contributed by atoms with Crippen molar-refractivity contribution in [3.63, 3.8) is 0 Å². The van der Waals surface area contributed by atoms with E-state index in [1.807, 2.05) is 18.2 Å². The number of hydrogen-bond donors (Lipinski definition) is 0. The van der Waals surface area contributed by atoms with Crippen molar-refractivity contribution in [1.82, 2.24) is 0 Å². The predicted octanol–water partition coefficient (Wildman–Crippen LogP) is 3.39. The smallest absolute Gasteiger partial charge is 0.0622 e. The van der Waals surface area contributed by atoms with Crippen molar-refractivity contribution >= 4 is 45.2 Å². The molecule has 1 rings (SSSR count). The fourth-order valence-electron chi connectivity index (χ4n) is 0.564. The van der Waals surface area contributed by atoms with Crippen LogP contribution < -0.4 is 0 Å². The van der Waals surface area contributed by atoms with Crippen molar-refractivity contribution in [2.75, 3.05) is 0 Å². The summed E-state index contributed by atoms with van der Waals surface area (Å²) in [5.74, 6) is 0.